The topological polar surface area (TPSA) is 41.6 Å². The number of carbonyl (C=O) groups is 1. The predicted octanol–water partition coefficient (Wildman–Crippen LogP) is 4.87. The molecule has 1 fully saturated rings. The average Bonchev–Trinajstić information content (AvgIpc) is 2.90. The third-order valence-electron chi connectivity index (χ3n) is 5.46. The van der Waals surface area contributed by atoms with Gasteiger partial charge in [-0.15, -0.1) is 0 Å². The minimum Gasteiger partial charge on any atom is -0.497 e. The Labute approximate surface area is 162 Å². The van der Waals surface area contributed by atoms with Crippen LogP contribution in [-0.4, -0.2) is 31.0 Å². The fourth-order valence-electron chi connectivity index (χ4n) is 3.94. The van der Waals surface area contributed by atoms with Gasteiger partial charge >= 0.3 is 0 Å². The number of nitrogens with one attached hydrogen (secondary N) is 1. The van der Waals surface area contributed by atoms with Crippen LogP contribution in [0.15, 0.2) is 42.5 Å². The maximum atomic E-state index is 12.8. The van der Waals surface area contributed by atoms with Gasteiger partial charge in [0, 0.05) is 11.7 Å². The van der Waals surface area contributed by atoms with Crippen molar-refractivity contribution in [2.75, 3.05) is 25.5 Å². The Morgan fingerprint density at radius 1 is 1.07 bits per heavy atom. The van der Waals surface area contributed by atoms with Gasteiger partial charge in [0.05, 0.1) is 13.7 Å². The lowest BCUT2D eigenvalue weighted by Crippen LogP contribution is -2.36. The van der Waals surface area contributed by atoms with Gasteiger partial charge in [-0.3, -0.25) is 9.69 Å². The van der Waals surface area contributed by atoms with Crippen molar-refractivity contribution in [2.24, 2.45) is 0 Å². The van der Waals surface area contributed by atoms with Gasteiger partial charge in [-0.1, -0.05) is 43.2 Å². The summed E-state index contributed by atoms with van der Waals surface area (Å²) in [6, 6.07) is 14.7. The standard InChI is InChI=1S/C23H30N2O2/c1-17-8-7-9-18(2)23(17)24-22(26)16-25-15-6-4-5-10-21(25)19-11-13-20(27-3)14-12-19/h7-9,11-14,21H,4-6,10,15-16H2,1-3H3,(H,24,26). The second-order valence-electron chi connectivity index (χ2n) is 7.42. The van der Waals surface area contributed by atoms with E-state index in [0.717, 1.165) is 42.0 Å². The molecule has 3 rings (SSSR count). The van der Waals surface area contributed by atoms with E-state index >= 15 is 0 Å². The van der Waals surface area contributed by atoms with E-state index in [9.17, 15) is 4.79 Å². The highest BCUT2D eigenvalue weighted by atomic mass is 16.5. The second kappa shape index (κ2) is 9.05. The van der Waals surface area contributed by atoms with Crippen LogP contribution >= 0.6 is 0 Å². The summed E-state index contributed by atoms with van der Waals surface area (Å²) in [5.74, 6) is 0.930. The Morgan fingerprint density at radius 3 is 2.44 bits per heavy atom. The van der Waals surface area contributed by atoms with Crippen molar-refractivity contribution in [2.45, 2.75) is 45.6 Å². The number of hydrogen-bond donors (Lipinski definition) is 1. The largest absolute Gasteiger partial charge is 0.497 e. The maximum absolute atomic E-state index is 12.8. The highest BCUT2D eigenvalue weighted by Gasteiger charge is 2.24. The van der Waals surface area contributed by atoms with Crippen molar-refractivity contribution in [3.8, 4) is 5.75 Å². The highest BCUT2D eigenvalue weighted by Crippen LogP contribution is 2.31. The number of rotatable bonds is 5. The molecule has 1 unspecified atom stereocenters. The summed E-state index contributed by atoms with van der Waals surface area (Å²) in [7, 11) is 1.69. The second-order valence-corrected chi connectivity index (χ2v) is 7.42. The van der Waals surface area contributed by atoms with E-state index in [-0.39, 0.29) is 11.9 Å². The van der Waals surface area contributed by atoms with E-state index in [1.807, 2.05) is 44.2 Å². The Bertz CT molecular complexity index is 750. The smallest absolute Gasteiger partial charge is 0.238 e. The van der Waals surface area contributed by atoms with E-state index in [4.69, 9.17) is 4.74 Å². The molecule has 0 saturated carbocycles. The van der Waals surface area contributed by atoms with Gasteiger partial charge < -0.3 is 10.1 Å². The molecule has 0 spiro atoms. The summed E-state index contributed by atoms with van der Waals surface area (Å²) in [5, 5.41) is 3.14. The molecule has 2 aromatic rings. The number of aryl methyl sites for hydroxylation is 2. The summed E-state index contributed by atoms with van der Waals surface area (Å²) in [5.41, 5.74) is 4.41. The van der Waals surface area contributed by atoms with Gasteiger partial charge in [0.2, 0.25) is 5.91 Å². The molecule has 27 heavy (non-hydrogen) atoms. The minimum absolute atomic E-state index is 0.0628. The molecular formula is C23H30N2O2. The molecule has 0 radical (unpaired) electrons. The van der Waals surface area contributed by atoms with Crippen LogP contribution in [-0.2, 0) is 4.79 Å². The highest BCUT2D eigenvalue weighted by molar-refractivity contribution is 5.93. The van der Waals surface area contributed by atoms with Gasteiger partial charge in [0.25, 0.3) is 0 Å². The van der Waals surface area contributed by atoms with Crippen LogP contribution in [0, 0.1) is 13.8 Å². The van der Waals surface area contributed by atoms with Crippen LogP contribution < -0.4 is 10.1 Å². The summed E-state index contributed by atoms with van der Waals surface area (Å²) < 4.78 is 5.28. The molecule has 1 N–H and O–H groups in total. The molecule has 1 aliphatic heterocycles. The third kappa shape index (κ3) is 4.89. The minimum atomic E-state index is 0.0628. The number of nitrogens with zero attached hydrogens (tertiary/aromatic N) is 1. The Kier molecular flexibility index (Phi) is 6.51. The van der Waals surface area contributed by atoms with Crippen LogP contribution in [0.2, 0.25) is 0 Å². The van der Waals surface area contributed by atoms with Gasteiger partial charge in [0.1, 0.15) is 5.75 Å². The molecule has 4 nitrogen and oxygen atoms in total. The van der Waals surface area contributed by atoms with E-state index < -0.39 is 0 Å². The molecule has 0 bridgehead atoms. The first-order valence-corrected chi connectivity index (χ1v) is 9.82. The molecule has 4 heteroatoms. The van der Waals surface area contributed by atoms with Crippen molar-refractivity contribution in [3.05, 3.63) is 59.2 Å². The van der Waals surface area contributed by atoms with Crippen LogP contribution in [0.1, 0.15) is 48.4 Å². The lowest BCUT2D eigenvalue weighted by Gasteiger charge is -2.30. The Morgan fingerprint density at radius 2 is 1.78 bits per heavy atom. The first-order chi connectivity index (χ1) is 13.1. The first kappa shape index (κ1) is 19.4. The number of benzene rings is 2. The zero-order valence-corrected chi connectivity index (χ0v) is 16.6. The van der Waals surface area contributed by atoms with E-state index in [2.05, 4.69) is 22.3 Å². The van der Waals surface area contributed by atoms with Gasteiger partial charge in [0.15, 0.2) is 0 Å². The fraction of sp³-hybridized carbons (Fsp3) is 0.435. The zero-order chi connectivity index (χ0) is 19.2. The number of ether oxygens (including phenoxy) is 1. The van der Waals surface area contributed by atoms with Crippen molar-refractivity contribution in [1.82, 2.24) is 4.90 Å². The molecule has 1 amide bonds. The molecule has 1 atom stereocenters. The molecule has 0 aliphatic carbocycles. The maximum Gasteiger partial charge on any atom is 0.238 e. The lowest BCUT2D eigenvalue weighted by molar-refractivity contribution is -0.117. The molecule has 144 valence electrons. The van der Waals surface area contributed by atoms with Crippen LogP contribution in [0.25, 0.3) is 0 Å². The number of para-hydroxylation sites is 1. The monoisotopic (exact) mass is 366 g/mol. The van der Waals surface area contributed by atoms with Crippen LogP contribution in [0.4, 0.5) is 5.69 Å². The number of methoxy groups -OCH3 is 1. The third-order valence-corrected chi connectivity index (χ3v) is 5.46. The summed E-state index contributed by atoms with van der Waals surface area (Å²) in [4.78, 5) is 15.1. The molecule has 1 aliphatic rings. The van der Waals surface area contributed by atoms with Crippen molar-refractivity contribution in [3.63, 3.8) is 0 Å². The van der Waals surface area contributed by atoms with E-state index in [0.29, 0.717) is 6.54 Å². The molecule has 0 aromatic heterocycles. The van der Waals surface area contributed by atoms with Gasteiger partial charge in [-0.25, -0.2) is 0 Å². The quantitative estimate of drug-likeness (QED) is 0.821. The number of carbonyl (C=O) groups excluding carboxylic acids is 1. The Hall–Kier alpha value is -2.33. The predicted molar refractivity (Wildman–Crippen MR) is 110 cm³/mol. The van der Waals surface area contributed by atoms with Crippen molar-refractivity contribution >= 4 is 11.6 Å². The number of anilines is 1. The number of hydrogen-bond acceptors (Lipinski definition) is 3. The SMILES string of the molecule is COc1ccc(C2CCCCCN2CC(=O)Nc2c(C)cccc2C)cc1. The number of amides is 1. The Balaban J connectivity index is 1.74. The molecule has 1 saturated heterocycles. The summed E-state index contributed by atoms with van der Waals surface area (Å²) >= 11 is 0. The van der Waals surface area contributed by atoms with E-state index in [1.165, 1.54) is 18.4 Å². The van der Waals surface area contributed by atoms with Crippen LogP contribution in [0.5, 0.6) is 5.75 Å². The van der Waals surface area contributed by atoms with Gasteiger partial charge in [-0.05, 0) is 62.1 Å². The average molecular weight is 367 g/mol. The normalized spacial score (nSPS) is 18.0. The molecule has 2 aromatic carbocycles. The van der Waals surface area contributed by atoms with Crippen molar-refractivity contribution in [1.29, 1.82) is 0 Å². The molecule has 1 heterocycles. The first-order valence-electron chi connectivity index (χ1n) is 9.82. The lowest BCUT2D eigenvalue weighted by atomic mass is 10.0. The van der Waals surface area contributed by atoms with Crippen molar-refractivity contribution < 1.29 is 9.53 Å². The fourth-order valence-corrected chi connectivity index (χ4v) is 3.94. The summed E-state index contributed by atoms with van der Waals surface area (Å²) in [6.45, 7) is 5.45. The summed E-state index contributed by atoms with van der Waals surface area (Å²) in [6.07, 6.45) is 4.65. The zero-order valence-electron chi connectivity index (χ0n) is 16.6. The molecular weight excluding hydrogens is 336 g/mol. The van der Waals surface area contributed by atoms with Crippen LogP contribution in [0.3, 0.4) is 0 Å². The van der Waals surface area contributed by atoms with Gasteiger partial charge in [-0.2, -0.15) is 0 Å². The number of likely N-dealkylation sites (tertiary alicyclic amines) is 1. The van der Waals surface area contributed by atoms with E-state index in [1.54, 1.807) is 7.11 Å².